The van der Waals surface area contributed by atoms with Crippen LogP contribution in [0, 0.1) is 0 Å². The molecule has 180 valence electrons. The minimum atomic E-state index is 0.0764. The molecule has 1 saturated carbocycles. The predicted octanol–water partition coefficient (Wildman–Crippen LogP) is 4.71. The molecule has 7 heteroatoms. The molecule has 2 fully saturated rings. The van der Waals surface area contributed by atoms with Crippen LogP contribution in [0.1, 0.15) is 50.0 Å². The summed E-state index contributed by atoms with van der Waals surface area (Å²) >= 11 is 0. The van der Waals surface area contributed by atoms with Gasteiger partial charge in [0.15, 0.2) is 5.65 Å². The van der Waals surface area contributed by atoms with Crippen LogP contribution in [0.3, 0.4) is 0 Å². The van der Waals surface area contributed by atoms with Crippen LogP contribution in [0.2, 0.25) is 0 Å². The van der Waals surface area contributed by atoms with Gasteiger partial charge in [-0.2, -0.15) is 0 Å². The summed E-state index contributed by atoms with van der Waals surface area (Å²) in [6.07, 6.45) is 10.6. The first-order valence-electron chi connectivity index (χ1n) is 12.2. The zero-order chi connectivity index (χ0) is 24.1. The molecular formula is C27H35N5O2. The van der Waals surface area contributed by atoms with Gasteiger partial charge in [0.2, 0.25) is 5.91 Å². The van der Waals surface area contributed by atoms with Crippen molar-refractivity contribution >= 4 is 16.9 Å². The number of likely N-dealkylation sites (tertiary alicyclic amines) is 1. The molecule has 3 heterocycles. The van der Waals surface area contributed by atoms with Gasteiger partial charge >= 0.3 is 0 Å². The van der Waals surface area contributed by atoms with Gasteiger partial charge in [0.05, 0.1) is 5.69 Å². The van der Waals surface area contributed by atoms with E-state index in [9.17, 15) is 9.90 Å². The third-order valence-electron chi connectivity index (χ3n) is 7.11. The number of benzene rings is 1. The van der Waals surface area contributed by atoms with Gasteiger partial charge in [-0.05, 0) is 88.4 Å². The molecule has 1 aromatic carbocycles. The third kappa shape index (κ3) is 5.30. The molecule has 2 aromatic heterocycles. The summed E-state index contributed by atoms with van der Waals surface area (Å²) in [4.78, 5) is 18.3. The van der Waals surface area contributed by atoms with E-state index < -0.39 is 0 Å². The summed E-state index contributed by atoms with van der Waals surface area (Å²) in [5.74, 6) is 0.874. The Morgan fingerprint density at radius 2 is 1.85 bits per heavy atom. The quantitative estimate of drug-likeness (QED) is 0.550. The lowest BCUT2D eigenvalue weighted by molar-refractivity contribution is -0.124. The van der Waals surface area contributed by atoms with Crippen LogP contribution < -0.4 is 0 Å². The smallest absolute Gasteiger partial charge is 0.245 e. The Morgan fingerprint density at radius 1 is 1.15 bits per heavy atom. The van der Waals surface area contributed by atoms with E-state index >= 15 is 0 Å². The van der Waals surface area contributed by atoms with E-state index in [0.717, 1.165) is 42.5 Å². The molecule has 1 amide bonds. The molecule has 0 spiro atoms. The van der Waals surface area contributed by atoms with E-state index in [4.69, 9.17) is 0 Å². The standard InChI is InChI=1S/C20H24N4O.C7H11NO/c1-24(2)14-9-7-13(8-10-14)17-12-21-20-16(17)11-18(22-23-20)15-5-3-4-6-19(15)25;1-2-7(9)8-5-3-4-6-8/h3-6,11-14,25H,7-10H2,1-2H3,(H,21,23);2H,1,3-6H2. The highest BCUT2D eigenvalue weighted by Crippen LogP contribution is 2.38. The van der Waals surface area contributed by atoms with Gasteiger partial charge in [-0.3, -0.25) is 4.79 Å². The van der Waals surface area contributed by atoms with Crippen LogP contribution in [0.25, 0.3) is 22.3 Å². The molecule has 7 nitrogen and oxygen atoms in total. The largest absolute Gasteiger partial charge is 0.507 e. The number of nitrogens with one attached hydrogen (secondary N) is 1. The summed E-state index contributed by atoms with van der Waals surface area (Å²) in [6, 6.07) is 10.0. The highest BCUT2D eigenvalue weighted by Gasteiger charge is 2.25. The number of nitrogens with zero attached hydrogens (tertiary/aromatic N) is 4. The zero-order valence-electron chi connectivity index (χ0n) is 20.2. The second kappa shape index (κ2) is 10.8. The van der Waals surface area contributed by atoms with Crippen LogP contribution in [0.4, 0.5) is 0 Å². The monoisotopic (exact) mass is 461 g/mol. The number of hydrogen-bond acceptors (Lipinski definition) is 5. The van der Waals surface area contributed by atoms with Crippen LogP contribution >= 0.6 is 0 Å². The van der Waals surface area contributed by atoms with Gasteiger partial charge in [-0.1, -0.05) is 18.7 Å². The van der Waals surface area contributed by atoms with Crippen molar-refractivity contribution in [1.82, 2.24) is 25.0 Å². The van der Waals surface area contributed by atoms with Crippen LogP contribution in [0.5, 0.6) is 5.75 Å². The molecule has 3 aromatic rings. The van der Waals surface area contributed by atoms with Gasteiger partial charge in [0.25, 0.3) is 0 Å². The number of aromatic amines is 1. The van der Waals surface area contributed by atoms with E-state index in [1.807, 2.05) is 23.1 Å². The molecule has 1 aliphatic heterocycles. The number of carbonyl (C=O) groups is 1. The third-order valence-corrected chi connectivity index (χ3v) is 7.11. The van der Waals surface area contributed by atoms with E-state index in [1.54, 1.807) is 6.07 Å². The van der Waals surface area contributed by atoms with Gasteiger partial charge in [-0.15, -0.1) is 10.2 Å². The molecule has 1 saturated heterocycles. The number of para-hydroxylation sites is 1. The highest BCUT2D eigenvalue weighted by atomic mass is 16.3. The fraction of sp³-hybridized carbons (Fsp3) is 0.444. The molecule has 0 bridgehead atoms. The number of rotatable bonds is 4. The van der Waals surface area contributed by atoms with E-state index in [0.29, 0.717) is 17.7 Å². The maximum atomic E-state index is 10.8. The summed E-state index contributed by atoms with van der Waals surface area (Å²) in [6.45, 7) is 5.26. The fourth-order valence-electron chi connectivity index (χ4n) is 5.07. The van der Waals surface area contributed by atoms with Crippen molar-refractivity contribution in [3.05, 3.63) is 54.7 Å². The van der Waals surface area contributed by atoms with E-state index in [-0.39, 0.29) is 11.7 Å². The second-order valence-electron chi connectivity index (χ2n) is 9.46. The number of phenolic OH excluding ortho intramolecular Hbond substituents is 1. The molecule has 0 atom stereocenters. The second-order valence-corrected chi connectivity index (χ2v) is 9.46. The van der Waals surface area contributed by atoms with Gasteiger partial charge in [0.1, 0.15) is 5.75 Å². The molecule has 2 N–H and O–H groups in total. The summed E-state index contributed by atoms with van der Waals surface area (Å²) in [7, 11) is 4.34. The topological polar surface area (TPSA) is 85.4 Å². The van der Waals surface area contributed by atoms with Gasteiger partial charge in [0, 0.05) is 36.3 Å². The number of hydrogen-bond donors (Lipinski definition) is 2. The van der Waals surface area contributed by atoms with Crippen molar-refractivity contribution in [1.29, 1.82) is 0 Å². The first kappa shape index (κ1) is 24.0. The highest BCUT2D eigenvalue weighted by molar-refractivity contribution is 5.87. The maximum absolute atomic E-state index is 10.8. The SMILES string of the molecule is C=CC(=O)N1CCCC1.CN(C)C1CCC(c2c[nH]c3nnc(-c4ccccc4O)cc23)CC1. The lowest BCUT2D eigenvalue weighted by atomic mass is 9.81. The fourth-order valence-corrected chi connectivity index (χ4v) is 5.07. The number of carbonyl (C=O) groups excluding carboxylic acids is 1. The van der Waals surface area contributed by atoms with Crippen molar-refractivity contribution in [3.63, 3.8) is 0 Å². The number of H-pyrrole nitrogens is 1. The van der Waals surface area contributed by atoms with Crippen molar-refractivity contribution < 1.29 is 9.90 Å². The first-order chi connectivity index (χ1) is 16.5. The molecular weight excluding hydrogens is 426 g/mol. The van der Waals surface area contributed by atoms with E-state index in [2.05, 4.69) is 53.0 Å². The summed E-state index contributed by atoms with van der Waals surface area (Å²) in [5, 5.41) is 19.8. The molecule has 0 radical (unpaired) electrons. The van der Waals surface area contributed by atoms with Crippen LogP contribution in [-0.4, -0.2) is 69.2 Å². The molecule has 34 heavy (non-hydrogen) atoms. The Balaban J connectivity index is 0.000000257. The lowest BCUT2D eigenvalue weighted by Crippen LogP contribution is -2.31. The van der Waals surface area contributed by atoms with Crippen LogP contribution in [-0.2, 0) is 4.79 Å². The zero-order valence-corrected chi connectivity index (χ0v) is 20.2. The Bertz CT molecular complexity index is 1130. The van der Waals surface area contributed by atoms with E-state index in [1.165, 1.54) is 37.3 Å². The average molecular weight is 462 g/mol. The summed E-state index contributed by atoms with van der Waals surface area (Å²) in [5.41, 5.74) is 3.59. The minimum Gasteiger partial charge on any atom is -0.507 e. The Kier molecular flexibility index (Phi) is 7.63. The average Bonchev–Trinajstić information content (AvgIpc) is 3.54. The maximum Gasteiger partial charge on any atom is 0.245 e. The molecule has 2 aliphatic rings. The van der Waals surface area contributed by atoms with Gasteiger partial charge in [-0.25, -0.2) is 0 Å². The Morgan fingerprint density at radius 3 is 2.50 bits per heavy atom. The van der Waals surface area contributed by atoms with Crippen molar-refractivity contribution in [2.24, 2.45) is 0 Å². The molecule has 5 rings (SSSR count). The summed E-state index contributed by atoms with van der Waals surface area (Å²) < 4.78 is 0. The Labute approximate surface area is 201 Å². The molecule has 1 aliphatic carbocycles. The number of aromatic hydroxyl groups is 1. The minimum absolute atomic E-state index is 0.0764. The number of aromatic nitrogens is 3. The van der Waals surface area contributed by atoms with Crippen molar-refractivity contribution in [3.8, 4) is 17.0 Å². The van der Waals surface area contributed by atoms with Crippen molar-refractivity contribution in [2.45, 2.75) is 50.5 Å². The number of amides is 1. The Hall–Kier alpha value is -3.19. The van der Waals surface area contributed by atoms with Gasteiger partial charge < -0.3 is 19.9 Å². The lowest BCUT2D eigenvalue weighted by Gasteiger charge is -2.32. The molecule has 0 unspecified atom stereocenters. The predicted molar refractivity (Wildman–Crippen MR) is 136 cm³/mol. The normalized spacial score (nSPS) is 20.3. The number of phenols is 1. The first-order valence-corrected chi connectivity index (χ1v) is 12.2. The van der Waals surface area contributed by atoms with Crippen LogP contribution in [0.15, 0.2) is 49.2 Å². The number of fused-ring (bicyclic) bond motifs is 1. The van der Waals surface area contributed by atoms with Crippen molar-refractivity contribution in [2.75, 3.05) is 27.2 Å².